The van der Waals surface area contributed by atoms with Crippen molar-refractivity contribution in [3.8, 4) is 0 Å². The van der Waals surface area contributed by atoms with Gasteiger partial charge in [-0.25, -0.2) is 4.98 Å². The van der Waals surface area contributed by atoms with E-state index < -0.39 is 11.5 Å². The van der Waals surface area contributed by atoms with Crippen molar-refractivity contribution in [3.05, 3.63) is 35.1 Å². The largest absolute Gasteiger partial charge is 0.396 e. The van der Waals surface area contributed by atoms with E-state index in [-0.39, 0.29) is 35.7 Å². The molecule has 200 valence electrons. The average molecular weight is 528 g/mol. The summed E-state index contributed by atoms with van der Waals surface area (Å²) in [6.07, 6.45) is 5.29. The first-order valence-electron chi connectivity index (χ1n) is 13.1. The number of nitrogens with zero attached hydrogens (tertiary/aromatic N) is 4. The van der Waals surface area contributed by atoms with E-state index in [0.29, 0.717) is 45.4 Å². The second-order valence-electron chi connectivity index (χ2n) is 11.3. The molecule has 0 bridgehead atoms. The highest BCUT2D eigenvalue weighted by molar-refractivity contribution is 7.15. The van der Waals surface area contributed by atoms with Crippen LogP contribution in [0.1, 0.15) is 56.5 Å². The zero-order valence-electron chi connectivity index (χ0n) is 21.8. The molecule has 1 saturated heterocycles. The molecule has 3 aliphatic rings. The summed E-state index contributed by atoms with van der Waals surface area (Å²) in [4.78, 5) is 39.3. The maximum Gasteiger partial charge on any atom is 0.223 e. The van der Waals surface area contributed by atoms with Crippen molar-refractivity contribution in [3.63, 3.8) is 0 Å². The number of hydrogen-bond acceptors (Lipinski definition) is 8. The summed E-state index contributed by atoms with van der Waals surface area (Å²) in [5.74, 6) is 0.00567. The fourth-order valence-corrected chi connectivity index (χ4v) is 7.92. The molecule has 2 fully saturated rings. The summed E-state index contributed by atoms with van der Waals surface area (Å²) >= 11 is 1.58. The van der Waals surface area contributed by atoms with E-state index >= 15 is 0 Å². The molecular weight excluding hydrogens is 490 g/mol. The molecule has 3 N–H and O–H groups in total. The van der Waals surface area contributed by atoms with Gasteiger partial charge in [0.1, 0.15) is 0 Å². The van der Waals surface area contributed by atoms with Gasteiger partial charge in [-0.1, -0.05) is 13.8 Å². The van der Waals surface area contributed by atoms with Gasteiger partial charge in [0.25, 0.3) is 0 Å². The minimum atomic E-state index is -0.653. The number of aliphatic hydroxyl groups is 2. The molecule has 5 rings (SSSR count). The number of piperazine rings is 1. The van der Waals surface area contributed by atoms with Gasteiger partial charge in [0.15, 0.2) is 5.13 Å². The molecule has 2 aliphatic carbocycles. The number of carbonyl (C=O) groups excluding carboxylic acids is 2. The summed E-state index contributed by atoms with van der Waals surface area (Å²) in [6.45, 7) is 7.86. The van der Waals surface area contributed by atoms with E-state index in [2.05, 4.69) is 17.2 Å². The number of carbonyl (C=O) groups is 2. The smallest absolute Gasteiger partial charge is 0.223 e. The van der Waals surface area contributed by atoms with E-state index in [9.17, 15) is 19.8 Å². The van der Waals surface area contributed by atoms with Gasteiger partial charge in [-0.15, -0.1) is 11.3 Å². The van der Waals surface area contributed by atoms with Crippen LogP contribution in [0.15, 0.2) is 24.5 Å². The molecule has 0 spiro atoms. The fourth-order valence-electron chi connectivity index (χ4n) is 6.83. The Labute approximate surface area is 221 Å². The van der Waals surface area contributed by atoms with Gasteiger partial charge in [0.2, 0.25) is 11.8 Å². The van der Waals surface area contributed by atoms with Crippen LogP contribution < -0.4 is 5.32 Å². The molecule has 2 aromatic heterocycles. The highest BCUT2D eigenvalue weighted by Crippen LogP contribution is 2.63. The number of fused-ring (bicyclic) bond motifs is 2. The minimum Gasteiger partial charge on any atom is -0.396 e. The summed E-state index contributed by atoms with van der Waals surface area (Å²) in [5.41, 5.74) is 0.867. The maximum atomic E-state index is 13.6. The number of nitrogens with one attached hydrogen (secondary N) is 1. The van der Waals surface area contributed by atoms with Crippen LogP contribution in [0.5, 0.6) is 0 Å². The molecule has 1 aliphatic heterocycles. The van der Waals surface area contributed by atoms with E-state index in [4.69, 9.17) is 4.98 Å². The third kappa shape index (κ3) is 4.64. The lowest BCUT2D eigenvalue weighted by Gasteiger charge is -2.58. The second-order valence-corrected chi connectivity index (χ2v) is 12.4. The van der Waals surface area contributed by atoms with Crippen LogP contribution in [0.2, 0.25) is 0 Å². The third-order valence-corrected chi connectivity index (χ3v) is 10.3. The quantitative estimate of drug-likeness (QED) is 0.547. The van der Waals surface area contributed by atoms with Crippen LogP contribution in [-0.4, -0.2) is 80.7 Å². The Balaban J connectivity index is 1.47. The first-order valence-corrected chi connectivity index (χ1v) is 14.0. The standard InChI is InChI=1S/C27H37N5O4S/c1-17(34)31-9-11-32(12-10-31)23(36)13-19-24-20(37-25(30-24)29-18-5-4-8-28-15-18)14-21-26(19,2)7-6-22(35)27(21,3)16-33/h4-5,8,15,19,21-22,33,35H,6-7,9-14,16H2,1-3H3,(H,29,30). The third-order valence-electron chi connectivity index (χ3n) is 9.26. The van der Waals surface area contributed by atoms with Crippen LogP contribution in [-0.2, 0) is 16.0 Å². The van der Waals surface area contributed by atoms with E-state index in [1.807, 2.05) is 24.0 Å². The highest BCUT2D eigenvalue weighted by Gasteiger charge is 2.59. The van der Waals surface area contributed by atoms with Gasteiger partial charge in [0.05, 0.1) is 30.3 Å². The normalized spacial score (nSPS) is 31.4. The minimum absolute atomic E-state index is 0.0142. The Morgan fingerprint density at radius 2 is 1.95 bits per heavy atom. The van der Waals surface area contributed by atoms with Gasteiger partial charge < -0.3 is 25.3 Å². The van der Waals surface area contributed by atoms with Gasteiger partial charge in [-0.3, -0.25) is 14.6 Å². The monoisotopic (exact) mass is 527 g/mol. The average Bonchev–Trinajstić information content (AvgIpc) is 3.30. The number of pyridine rings is 1. The van der Waals surface area contributed by atoms with Crippen LogP contribution in [0.4, 0.5) is 10.8 Å². The Morgan fingerprint density at radius 3 is 2.59 bits per heavy atom. The predicted molar refractivity (Wildman–Crippen MR) is 142 cm³/mol. The molecule has 1 saturated carbocycles. The molecule has 10 heteroatoms. The van der Waals surface area contributed by atoms with Crippen molar-refractivity contribution in [2.75, 3.05) is 38.1 Å². The lowest BCUT2D eigenvalue weighted by molar-refractivity contribution is -0.149. The van der Waals surface area contributed by atoms with Crippen molar-refractivity contribution < 1.29 is 19.8 Å². The number of rotatable bonds is 5. The number of aromatic nitrogens is 2. The van der Waals surface area contributed by atoms with Crippen LogP contribution in [0, 0.1) is 16.7 Å². The molecular formula is C27H37N5O4S. The number of aliphatic hydroxyl groups excluding tert-OH is 2. The number of anilines is 2. The lowest BCUT2D eigenvalue weighted by atomic mass is 9.47. The molecule has 5 atom stereocenters. The fraction of sp³-hybridized carbons (Fsp3) is 0.630. The van der Waals surface area contributed by atoms with Crippen molar-refractivity contribution in [2.45, 2.75) is 58.5 Å². The van der Waals surface area contributed by atoms with Crippen molar-refractivity contribution in [2.24, 2.45) is 16.7 Å². The highest BCUT2D eigenvalue weighted by atomic mass is 32.1. The van der Waals surface area contributed by atoms with Gasteiger partial charge in [-0.2, -0.15) is 0 Å². The molecule has 37 heavy (non-hydrogen) atoms. The molecule has 2 aromatic rings. The summed E-state index contributed by atoms with van der Waals surface area (Å²) in [7, 11) is 0. The Bertz CT molecular complexity index is 1150. The maximum absolute atomic E-state index is 13.6. The lowest BCUT2D eigenvalue weighted by Crippen LogP contribution is -2.58. The zero-order chi connectivity index (χ0) is 26.4. The SMILES string of the molecule is CC(=O)N1CCN(C(=O)CC2c3nc(Nc4cccnc4)sc3CC3C(C)(CO)C(O)CCC23C)CC1. The topological polar surface area (TPSA) is 119 Å². The first kappa shape index (κ1) is 26.1. The first-order chi connectivity index (χ1) is 17.7. The number of thiazole rings is 1. The van der Waals surface area contributed by atoms with E-state index in [1.54, 1.807) is 35.6 Å². The van der Waals surface area contributed by atoms with Crippen LogP contribution >= 0.6 is 11.3 Å². The number of hydrogen-bond donors (Lipinski definition) is 3. The molecule has 3 heterocycles. The van der Waals surface area contributed by atoms with Crippen molar-refractivity contribution >= 4 is 34.0 Å². The van der Waals surface area contributed by atoms with E-state index in [0.717, 1.165) is 27.8 Å². The van der Waals surface area contributed by atoms with Gasteiger partial charge in [-0.05, 0) is 42.7 Å². The van der Waals surface area contributed by atoms with Crippen molar-refractivity contribution in [1.82, 2.24) is 19.8 Å². The van der Waals surface area contributed by atoms with E-state index in [1.165, 1.54) is 0 Å². The molecule has 0 radical (unpaired) electrons. The Hall–Kier alpha value is -2.56. The second kappa shape index (κ2) is 9.96. The summed E-state index contributed by atoms with van der Waals surface area (Å²) in [6, 6.07) is 3.81. The molecule has 5 unspecified atom stereocenters. The van der Waals surface area contributed by atoms with Crippen molar-refractivity contribution in [1.29, 1.82) is 0 Å². The Kier molecular flexibility index (Phi) is 7.02. The molecule has 0 aromatic carbocycles. The van der Waals surface area contributed by atoms with Crippen LogP contribution in [0.3, 0.4) is 0 Å². The molecule has 9 nitrogen and oxygen atoms in total. The predicted octanol–water partition coefficient (Wildman–Crippen LogP) is 2.78. The summed E-state index contributed by atoms with van der Waals surface area (Å²) in [5, 5.41) is 25.6. The van der Waals surface area contributed by atoms with Gasteiger partial charge in [0, 0.05) is 61.9 Å². The van der Waals surface area contributed by atoms with Crippen LogP contribution in [0.25, 0.3) is 0 Å². The number of amides is 2. The van der Waals surface area contributed by atoms with Gasteiger partial charge >= 0.3 is 0 Å². The zero-order valence-corrected chi connectivity index (χ0v) is 22.6. The summed E-state index contributed by atoms with van der Waals surface area (Å²) < 4.78 is 0. The Morgan fingerprint density at radius 1 is 1.22 bits per heavy atom. The molecule has 2 amide bonds.